The van der Waals surface area contributed by atoms with Gasteiger partial charge in [0.1, 0.15) is 5.56 Å². The van der Waals surface area contributed by atoms with Crippen molar-refractivity contribution in [2.75, 3.05) is 0 Å². The van der Waals surface area contributed by atoms with Crippen LogP contribution in [-0.2, 0) is 30.6 Å². The molecule has 4 nitrogen and oxygen atoms in total. The first-order valence-corrected chi connectivity index (χ1v) is 10.8. The molecular formula is C27H19Cl2F5HfN2O2. The zero-order valence-corrected chi connectivity index (χ0v) is 25.5. The number of amides is 1. The van der Waals surface area contributed by atoms with Gasteiger partial charge in [-0.3, -0.25) is 14.6 Å². The Labute approximate surface area is 252 Å². The second-order valence-corrected chi connectivity index (χ2v) is 8.64. The van der Waals surface area contributed by atoms with Gasteiger partial charge < -0.3 is 30.1 Å². The number of carbonyl (C=O) groups excluding carboxylic acids is 2. The fourth-order valence-corrected chi connectivity index (χ4v) is 3.96. The van der Waals surface area contributed by atoms with Gasteiger partial charge in [0.2, 0.25) is 5.82 Å². The number of allylic oxidation sites excluding steroid dienone is 1. The average Bonchev–Trinajstić information content (AvgIpc) is 2.86. The third-order valence-electron chi connectivity index (χ3n) is 5.71. The minimum Gasteiger partial charge on any atom is -1.00 e. The van der Waals surface area contributed by atoms with Crippen LogP contribution < -0.4 is 30.1 Å². The Morgan fingerprint density at radius 1 is 0.769 bits per heavy atom. The summed E-state index contributed by atoms with van der Waals surface area (Å²) in [6, 6.07) is 17.3. The van der Waals surface area contributed by atoms with Crippen molar-refractivity contribution in [2.24, 2.45) is 4.99 Å². The Kier molecular flexibility index (Phi) is 12.0. The molecule has 3 aromatic rings. The molecule has 1 amide bonds. The first-order valence-electron chi connectivity index (χ1n) is 10.8. The molecule has 1 heterocycles. The molecule has 0 aliphatic carbocycles. The van der Waals surface area contributed by atoms with Crippen molar-refractivity contribution in [3.05, 3.63) is 112 Å². The maximum atomic E-state index is 14.3. The van der Waals surface area contributed by atoms with E-state index >= 15 is 0 Å². The van der Waals surface area contributed by atoms with E-state index in [1.165, 1.54) is 13.8 Å². The van der Waals surface area contributed by atoms with Gasteiger partial charge in [-0.1, -0.05) is 60.7 Å². The van der Waals surface area contributed by atoms with E-state index in [9.17, 15) is 31.5 Å². The summed E-state index contributed by atoms with van der Waals surface area (Å²) in [5, 5.41) is 2.30. The summed E-state index contributed by atoms with van der Waals surface area (Å²) in [5.41, 5.74) is -1.42. The summed E-state index contributed by atoms with van der Waals surface area (Å²) in [5.74, 6) is -13.2. The van der Waals surface area contributed by atoms with E-state index in [1.807, 2.05) is 0 Å². The van der Waals surface area contributed by atoms with Gasteiger partial charge in [-0.2, -0.15) is 0 Å². The van der Waals surface area contributed by atoms with E-state index in [4.69, 9.17) is 0 Å². The molecule has 0 saturated heterocycles. The van der Waals surface area contributed by atoms with E-state index in [1.54, 1.807) is 60.7 Å². The molecule has 4 rings (SSSR count). The molecule has 0 bridgehead atoms. The Morgan fingerprint density at radius 2 is 1.21 bits per heavy atom. The number of benzene rings is 3. The van der Waals surface area contributed by atoms with Crippen LogP contribution in [0.25, 0.3) is 5.57 Å². The van der Waals surface area contributed by atoms with Crippen molar-refractivity contribution in [3.63, 3.8) is 0 Å². The molecule has 0 radical (unpaired) electrons. The van der Waals surface area contributed by atoms with Crippen molar-refractivity contribution in [1.29, 1.82) is 0 Å². The number of carbonyl (C=O) groups is 2. The summed E-state index contributed by atoms with van der Waals surface area (Å²) in [7, 11) is 0. The number of hydrogen-bond donors (Lipinski definition) is 1. The molecule has 1 aliphatic rings. The van der Waals surface area contributed by atoms with E-state index in [0.29, 0.717) is 16.8 Å². The van der Waals surface area contributed by atoms with E-state index in [0.717, 1.165) is 0 Å². The third kappa shape index (κ3) is 6.73. The SMILES string of the molecule is CC(C)(NC(=O)c1c(F)c(F)c(F)c(F)c1F)C1=C(c2ccccc2)C(=O)CC(c2ccccc2)=N1.[Cl-].[Cl-].[Hf+2]. The van der Waals surface area contributed by atoms with Gasteiger partial charge in [-0.25, -0.2) is 22.0 Å². The molecule has 0 unspecified atom stereocenters. The van der Waals surface area contributed by atoms with Gasteiger partial charge in [-0.15, -0.1) is 0 Å². The van der Waals surface area contributed by atoms with Crippen molar-refractivity contribution in [2.45, 2.75) is 25.8 Å². The fraction of sp³-hybridized carbons (Fsp3) is 0.148. The van der Waals surface area contributed by atoms with Gasteiger partial charge in [0, 0.05) is 5.57 Å². The molecular weight excluding hydrogens is 729 g/mol. The second kappa shape index (κ2) is 13.6. The summed E-state index contributed by atoms with van der Waals surface area (Å²) in [6.45, 7) is 2.83. The van der Waals surface area contributed by atoms with E-state index in [2.05, 4.69) is 10.3 Å². The number of Topliss-reactive ketones (excluding diaryl/α,β-unsaturated/α-hetero) is 1. The number of ketones is 1. The summed E-state index contributed by atoms with van der Waals surface area (Å²) >= 11 is 0. The van der Waals surface area contributed by atoms with Crippen LogP contribution in [-0.4, -0.2) is 22.9 Å². The van der Waals surface area contributed by atoms with Crippen molar-refractivity contribution in [3.8, 4) is 0 Å². The first-order chi connectivity index (χ1) is 17.0. The maximum Gasteiger partial charge on any atom is 2.00 e. The second-order valence-electron chi connectivity index (χ2n) is 8.64. The molecule has 0 spiro atoms. The van der Waals surface area contributed by atoms with Crippen molar-refractivity contribution >= 4 is 23.0 Å². The predicted molar refractivity (Wildman–Crippen MR) is 124 cm³/mol. The zero-order valence-electron chi connectivity index (χ0n) is 20.4. The number of halogens is 7. The minimum absolute atomic E-state index is 0. The molecule has 3 aromatic carbocycles. The Balaban J connectivity index is 0.00000253. The van der Waals surface area contributed by atoms with Gasteiger partial charge >= 0.3 is 25.8 Å². The molecule has 202 valence electrons. The standard InChI is InChI=1S/C27H19F5N2O2.2ClH.Hf/c1-27(2,34-26(36)19-20(28)22(30)24(32)23(31)21(19)29)25-18(15-11-7-4-8-12-15)17(35)13-16(33-25)14-9-5-3-6-10-14;;;/h3-12H,13H2,1-2H3,(H,34,36);2*1H;/q;;;+2/p-2. The van der Waals surface area contributed by atoms with Crippen molar-refractivity contribution in [1.82, 2.24) is 5.32 Å². The molecule has 0 fully saturated rings. The summed E-state index contributed by atoms with van der Waals surface area (Å²) < 4.78 is 69.4. The number of nitrogens with zero attached hydrogens (tertiary/aromatic N) is 1. The first kappa shape index (κ1) is 34.3. The molecule has 12 heteroatoms. The Bertz CT molecular complexity index is 1420. The smallest absolute Gasteiger partial charge is 1.00 e. The number of aliphatic imine (C=N–C) groups is 1. The quantitative estimate of drug-likeness (QED) is 0.170. The summed E-state index contributed by atoms with van der Waals surface area (Å²) in [6.07, 6.45) is -0.0423. The third-order valence-corrected chi connectivity index (χ3v) is 5.71. The number of nitrogens with one attached hydrogen (secondary N) is 1. The predicted octanol–water partition coefficient (Wildman–Crippen LogP) is -0.231. The molecule has 0 aromatic heterocycles. The number of hydrogen-bond acceptors (Lipinski definition) is 3. The average molecular weight is 748 g/mol. The normalized spacial score (nSPS) is 13.0. The van der Waals surface area contributed by atoms with Gasteiger partial charge in [0.15, 0.2) is 29.1 Å². The summed E-state index contributed by atoms with van der Waals surface area (Å²) in [4.78, 5) is 30.8. The van der Waals surface area contributed by atoms with Crippen LogP contribution in [0.15, 0.2) is 71.4 Å². The van der Waals surface area contributed by atoms with Crippen LogP contribution in [0.5, 0.6) is 0 Å². The fourth-order valence-electron chi connectivity index (χ4n) is 3.96. The van der Waals surface area contributed by atoms with Gasteiger partial charge in [0.25, 0.3) is 5.91 Å². The van der Waals surface area contributed by atoms with Crippen molar-refractivity contribution < 1.29 is 82.2 Å². The van der Waals surface area contributed by atoms with Crippen LogP contribution in [0.1, 0.15) is 41.8 Å². The van der Waals surface area contributed by atoms with Crippen LogP contribution in [0.2, 0.25) is 0 Å². The molecule has 0 atom stereocenters. The van der Waals surface area contributed by atoms with Crippen LogP contribution in [0, 0.1) is 29.1 Å². The number of rotatable bonds is 5. The molecule has 39 heavy (non-hydrogen) atoms. The largest absolute Gasteiger partial charge is 2.00 e. The Morgan fingerprint density at radius 3 is 1.69 bits per heavy atom. The van der Waals surface area contributed by atoms with Crippen LogP contribution >= 0.6 is 0 Å². The maximum absolute atomic E-state index is 14.3. The zero-order chi connectivity index (χ0) is 26.2. The minimum atomic E-state index is -2.37. The monoisotopic (exact) mass is 748 g/mol. The van der Waals surface area contributed by atoms with E-state index < -0.39 is 46.1 Å². The van der Waals surface area contributed by atoms with Gasteiger partial charge in [-0.05, 0) is 25.0 Å². The van der Waals surface area contributed by atoms with Crippen LogP contribution in [0.4, 0.5) is 22.0 Å². The van der Waals surface area contributed by atoms with Crippen LogP contribution in [0.3, 0.4) is 0 Å². The van der Waals surface area contributed by atoms with E-state index in [-0.39, 0.29) is 74.1 Å². The Hall–Kier alpha value is -2.69. The van der Waals surface area contributed by atoms with Gasteiger partial charge in [0.05, 0.1) is 23.4 Å². The molecule has 1 N–H and O–H groups in total. The molecule has 0 saturated carbocycles. The topological polar surface area (TPSA) is 58.5 Å². The molecule has 1 aliphatic heterocycles.